The highest BCUT2D eigenvalue weighted by Crippen LogP contribution is 2.12. The van der Waals surface area contributed by atoms with Gasteiger partial charge in [0.15, 0.2) is 7.11 Å². The van der Waals surface area contributed by atoms with Gasteiger partial charge in [0.25, 0.3) is 4.92 Å². The second kappa shape index (κ2) is 3.85. The summed E-state index contributed by atoms with van der Waals surface area (Å²) in [5.74, 6) is 0. The third-order valence-corrected chi connectivity index (χ3v) is 1.72. The Hall–Kier alpha value is -1.38. The van der Waals surface area contributed by atoms with Crippen LogP contribution >= 0.6 is 0 Å². The molecule has 3 nitrogen and oxygen atoms in total. The standard InChI is InChI=1S/C9H12NO2/c1-3-8-4-6-9(7-5-8)10(11)12-2/h4-7H,3H2,1-2H3/q+1. The van der Waals surface area contributed by atoms with Crippen molar-refractivity contribution in [2.75, 3.05) is 7.11 Å². The molecule has 0 atom stereocenters. The van der Waals surface area contributed by atoms with Gasteiger partial charge in [-0.2, -0.15) is 0 Å². The van der Waals surface area contributed by atoms with Crippen molar-refractivity contribution in [2.24, 2.45) is 0 Å². The number of hydrogen-bond acceptors (Lipinski definition) is 2. The van der Waals surface area contributed by atoms with Crippen molar-refractivity contribution < 1.29 is 9.76 Å². The SMILES string of the molecule is CCc1ccc([N+](=O)OC)cc1. The molecule has 0 aromatic heterocycles. The Morgan fingerprint density at radius 3 is 2.33 bits per heavy atom. The first-order valence-electron chi connectivity index (χ1n) is 3.88. The lowest BCUT2D eigenvalue weighted by Gasteiger charge is -1.92. The number of hydrogen-bond donors (Lipinski definition) is 0. The molecule has 1 rings (SSSR count). The van der Waals surface area contributed by atoms with Gasteiger partial charge in [0.2, 0.25) is 0 Å². The molecular weight excluding hydrogens is 154 g/mol. The van der Waals surface area contributed by atoms with Crippen molar-refractivity contribution in [3.63, 3.8) is 0 Å². The molecule has 3 heteroatoms. The topological polar surface area (TPSA) is 29.3 Å². The van der Waals surface area contributed by atoms with Gasteiger partial charge >= 0.3 is 5.69 Å². The van der Waals surface area contributed by atoms with E-state index >= 15 is 0 Å². The lowest BCUT2D eigenvalue weighted by molar-refractivity contribution is -0.736. The van der Waals surface area contributed by atoms with Crippen LogP contribution in [0.4, 0.5) is 5.69 Å². The summed E-state index contributed by atoms with van der Waals surface area (Å²) < 4.78 is 0. The molecule has 0 heterocycles. The lowest BCUT2D eigenvalue weighted by atomic mass is 10.2. The van der Waals surface area contributed by atoms with Crippen LogP contribution in [0.3, 0.4) is 0 Å². The van der Waals surface area contributed by atoms with Gasteiger partial charge in [0, 0.05) is 12.1 Å². The van der Waals surface area contributed by atoms with Gasteiger partial charge in [-0.15, -0.1) is 0 Å². The van der Waals surface area contributed by atoms with Crippen LogP contribution in [-0.4, -0.2) is 12.0 Å². The van der Waals surface area contributed by atoms with E-state index in [1.54, 1.807) is 12.1 Å². The normalized spacial score (nSPS) is 9.50. The molecule has 0 unspecified atom stereocenters. The molecular formula is C9H12NO2+. The Bertz CT molecular complexity index is 266. The minimum atomic E-state index is 0.486. The minimum Gasteiger partial charge on any atom is -0.230 e. The van der Waals surface area contributed by atoms with Crippen molar-refractivity contribution in [2.45, 2.75) is 13.3 Å². The van der Waals surface area contributed by atoms with Gasteiger partial charge in [-0.05, 0) is 12.0 Å². The third-order valence-electron chi connectivity index (χ3n) is 1.72. The van der Waals surface area contributed by atoms with E-state index in [0.717, 1.165) is 6.42 Å². The summed E-state index contributed by atoms with van der Waals surface area (Å²) in [4.78, 5) is 15.9. The van der Waals surface area contributed by atoms with Gasteiger partial charge in [0.05, 0.1) is 4.91 Å². The van der Waals surface area contributed by atoms with Crippen molar-refractivity contribution >= 4 is 5.69 Å². The van der Waals surface area contributed by atoms with Crippen LogP contribution in [0.5, 0.6) is 0 Å². The van der Waals surface area contributed by atoms with E-state index in [4.69, 9.17) is 0 Å². The first-order chi connectivity index (χ1) is 5.77. The number of benzene rings is 1. The number of aryl methyl sites for hydroxylation is 1. The molecule has 0 radical (unpaired) electrons. The number of nitrogens with zero attached hydrogens (tertiary/aromatic N) is 1. The van der Waals surface area contributed by atoms with Crippen LogP contribution in [0, 0.1) is 4.91 Å². The Kier molecular flexibility index (Phi) is 2.80. The van der Waals surface area contributed by atoms with Gasteiger partial charge in [0.1, 0.15) is 0 Å². The maximum absolute atomic E-state index is 10.9. The fraction of sp³-hybridized carbons (Fsp3) is 0.333. The largest absolute Gasteiger partial charge is 0.316 e. The average molecular weight is 166 g/mol. The lowest BCUT2D eigenvalue weighted by Crippen LogP contribution is -1.97. The second-order valence-corrected chi connectivity index (χ2v) is 2.46. The molecule has 0 fully saturated rings. The predicted molar refractivity (Wildman–Crippen MR) is 46.1 cm³/mol. The smallest absolute Gasteiger partial charge is 0.230 e. The monoisotopic (exact) mass is 166 g/mol. The molecule has 12 heavy (non-hydrogen) atoms. The molecule has 0 aliphatic rings. The fourth-order valence-corrected chi connectivity index (χ4v) is 0.959. The van der Waals surface area contributed by atoms with E-state index in [1.165, 1.54) is 12.7 Å². The van der Waals surface area contributed by atoms with E-state index in [2.05, 4.69) is 11.8 Å². The molecule has 0 bridgehead atoms. The third kappa shape index (κ3) is 1.81. The molecule has 1 aromatic carbocycles. The summed E-state index contributed by atoms with van der Waals surface area (Å²) in [6, 6.07) is 7.32. The molecule has 0 amide bonds. The van der Waals surface area contributed by atoms with Gasteiger partial charge in [-0.1, -0.05) is 19.1 Å². The molecule has 0 aliphatic carbocycles. The molecule has 64 valence electrons. The van der Waals surface area contributed by atoms with E-state index in [0.29, 0.717) is 10.6 Å². The zero-order valence-electron chi connectivity index (χ0n) is 7.28. The molecule has 0 spiro atoms. The fourth-order valence-electron chi connectivity index (χ4n) is 0.959. The van der Waals surface area contributed by atoms with Crippen molar-refractivity contribution in [1.29, 1.82) is 0 Å². The Morgan fingerprint density at radius 2 is 1.92 bits per heavy atom. The summed E-state index contributed by atoms with van der Waals surface area (Å²) in [5, 5.41) is 0. The predicted octanol–water partition coefficient (Wildman–Crippen LogP) is 2.22. The summed E-state index contributed by atoms with van der Waals surface area (Å²) in [5.41, 5.74) is 1.73. The van der Waals surface area contributed by atoms with Crippen LogP contribution in [0.15, 0.2) is 24.3 Å². The maximum atomic E-state index is 10.9. The first-order valence-corrected chi connectivity index (χ1v) is 3.88. The van der Waals surface area contributed by atoms with E-state index < -0.39 is 0 Å². The maximum Gasteiger partial charge on any atom is 0.316 e. The zero-order valence-corrected chi connectivity index (χ0v) is 7.28. The molecule has 0 saturated carbocycles. The summed E-state index contributed by atoms with van der Waals surface area (Å²) in [6.07, 6.45) is 0.978. The van der Waals surface area contributed by atoms with Crippen LogP contribution in [-0.2, 0) is 11.3 Å². The zero-order chi connectivity index (χ0) is 8.97. The summed E-state index contributed by atoms with van der Waals surface area (Å²) in [7, 11) is 1.35. The highest BCUT2D eigenvalue weighted by molar-refractivity contribution is 5.32. The average Bonchev–Trinajstić information content (AvgIpc) is 2.17. The quantitative estimate of drug-likeness (QED) is 0.644. The summed E-state index contributed by atoms with van der Waals surface area (Å²) in [6.45, 7) is 2.07. The van der Waals surface area contributed by atoms with E-state index in [9.17, 15) is 4.91 Å². The number of rotatable bonds is 3. The van der Waals surface area contributed by atoms with Crippen molar-refractivity contribution in [1.82, 2.24) is 0 Å². The Morgan fingerprint density at radius 1 is 1.33 bits per heavy atom. The van der Waals surface area contributed by atoms with E-state index in [1.807, 2.05) is 12.1 Å². The van der Waals surface area contributed by atoms with Crippen molar-refractivity contribution in [3.8, 4) is 0 Å². The molecule has 0 aliphatic heterocycles. The highest BCUT2D eigenvalue weighted by Gasteiger charge is 2.11. The summed E-state index contributed by atoms with van der Waals surface area (Å²) >= 11 is 0. The van der Waals surface area contributed by atoms with Gasteiger partial charge < -0.3 is 0 Å². The molecule has 0 N–H and O–H groups in total. The minimum absolute atomic E-state index is 0.486. The van der Waals surface area contributed by atoms with Crippen LogP contribution in [0.25, 0.3) is 0 Å². The van der Waals surface area contributed by atoms with Gasteiger partial charge in [-0.25, -0.2) is 4.84 Å². The van der Waals surface area contributed by atoms with Crippen LogP contribution < -0.4 is 0 Å². The van der Waals surface area contributed by atoms with Crippen molar-refractivity contribution in [3.05, 3.63) is 34.7 Å². The van der Waals surface area contributed by atoms with E-state index in [-0.39, 0.29) is 0 Å². The first kappa shape index (κ1) is 8.71. The molecule has 0 saturated heterocycles. The second-order valence-electron chi connectivity index (χ2n) is 2.46. The van der Waals surface area contributed by atoms with Crippen LogP contribution in [0.2, 0.25) is 0 Å². The van der Waals surface area contributed by atoms with Gasteiger partial charge in [-0.3, -0.25) is 0 Å². The highest BCUT2D eigenvalue weighted by atomic mass is 16.8. The Labute approximate surface area is 71.5 Å². The van der Waals surface area contributed by atoms with Crippen LogP contribution in [0.1, 0.15) is 12.5 Å². The molecule has 1 aromatic rings. The Balaban J connectivity index is 2.84.